The summed E-state index contributed by atoms with van der Waals surface area (Å²) in [6.45, 7) is 0. The first-order chi connectivity index (χ1) is 1.73. The van der Waals surface area contributed by atoms with Crippen molar-refractivity contribution in [3.63, 3.8) is 0 Å². The summed E-state index contributed by atoms with van der Waals surface area (Å²) in [5.74, 6) is 0. The van der Waals surface area contributed by atoms with E-state index in [1.165, 1.54) is 0 Å². The molecule has 0 aromatic carbocycles. The summed E-state index contributed by atoms with van der Waals surface area (Å²) in [7, 11) is -2.17. The molecular weight excluding hydrogens is 386 g/mol. The van der Waals surface area contributed by atoms with E-state index >= 15 is 0 Å². The van der Waals surface area contributed by atoms with Crippen molar-refractivity contribution in [1.29, 1.82) is 0 Å². The Bertz CT molecular complexity index is 34.3. The van der Waals surface area contributed by atoms with Gasteiger partial charge in [0.15, 0.2) is 0 Å². The van der Waals surface area contributed by atoms with E-state index in [4.69, 9.17) is 15.1 Å². The molecule has 7 nitrogen and oxygen atoms in total. The Kier molecular flexibility index (Phi) is 256. The molecule has 0 atom stereocenters. The second kappa shape index (κ2) is 47.7. The van der Waals surface area contributed by atoms with Gasteiger partial charge in [0.1, 0.15) is 0 Å². The molecule has 0 aromatic heterocycles. The van der Waals surface area contributed by atoms with E-state index in [0.29, 0.717) is 0 Å². The van der Waals surface area contributed by atoms with Gasteiger partial charge in [0.25, 0.3) is 0 Å². The van der Waals surface area contributed by atoms with Crippen molar-refractivity contribution in [3.8, 4) is 0 Å². The van der Waals surface area contributed by atoms with Crippen LogP contribution in [0.2, 0.25) is 0 Å². The van der Waals surface area contributed by atoms with Gasteiger partial charge in [0, 0.05) is 0 Å². The zero-order valence-electron chi connectivity index (χ0n) is 12.0. The maximum Gasteiger partial charge on any atom is 2.00 e. The minimum Gasteiger partial charge on any atom is -1.00 e. The Labute approximate surface area is 185 Å². The molecule has 0 spiro atoms. The Morgan fingerprint density at radius 1 is 0.636 bits per heavy atom. The summed E-state index contributed by atoms with van der Waals surface area (Å²) < 4.78 is 0. The summed E-state index contributed by atoms with van der Waals surface area (Å²) in [5.41, 5.74) is 0. The Morgan fingerprint density at radius 2 is 0.636 bits per heavy atom. The van der Waals surface area contributed by atoms with Crippen LogP contribution in [0.3, 0.4) is 0 Å². The zero-order chi connectivity index (χ0) is 3.58. The predicted octanol–water partition coefficient (Wildman–Crippen LogP) is -5.82. The normalized spacial score (nSPS) is 2.45. The SMILES string of the molecule is O.O.O.O.OB(O)O.[H-].[H-].[H-].[H-].[H-].[H-].[Sr+2].[Sr+2].[Sr+2]. The molecule has 68 valence electrons. The topological polar surface area (TPSA) is 187 Å². The van der Waals surface area contributed by atoms with Gasteiger partial charge in [0.2, 0.25) is 0 Å². The summed E-state index contributed by atoms with van der Waals surface area (Å²) in [6, 6.07) is 0. The standard InChI is InChI=1S/BH3O3.4H2O.3Sr.6H/c2-1(3)4;;;;;;;;;;;;;/h2-4H;4*1H2;;;;;;;;;/q;;;;;3*+2;6*-1. The molecule has 0 fully saturated rings. The van der Waals surface area contributed by atoms with E-state index in [1.54, 1.807) is 0 Å². The molecule has 0 saturated carbocycles. The summed E-state index contributed by atoms with van der Waals surface area (Å²) in [6.07, 6.45) is 0. The van der Waals surface area contributed by atoms with E-state index in [-0.39, 0.29) is 167 Å². The minimum atomic E-state index is -2.17. The summed E-state index contributed by atoms with van der Waals surface area (Å²) in [4.78, 5) is 0. The molecule has 0 aliphatic rings. The van der Waals surface area contributed by atoms with Crippen LogP contribution in [0.5, 0.6) is 0 Å². The van der Waals surface area contributed by atoms with Gasteiger partial charge in [0.05, 0.1) is 0 Å². The molecule has 0 aliphatic heterocycles. The first-order valence-electron chi connectivity index (χ1n) is 0.775. The zero-order valence-corrected chi connectivity index (χ0v) is 16.5. The Morgan fingerprint density at radius 3 is 0.636 bits per heavy atom. The molecule has 0 bridgehead atoms. The van der Waals surface area contributed by atoms with Crippen molar-refractivity contribution >= 4 is 144 Å². The average molecular weight is 403 g/mol. The fraction of sp³-hybridized carbons (Fsp3) is 0. The van der Waals surface area contributed by atoms with Crippen LogP contribution in [0.4, 0.5) is 0 Å². The van der Waals surface area contributed by atoms with Crippen LogP contribution in [-0.4, -0.2) is 181 Å². The van der Waals surface area contributed by atoms with Gasteiger partial charge >= 0.3 is 144 Å². The van der Waals surface area contributed by atoms with Gasteiger partial charge in [-0.15, -0.1) is 0 Å². The molecule has 0 radical (unpaired) electrons. The number of hydrogen-bond acceptors (Lipinski definition) is 3. The maximum atomic E-state index is 7.17. The Balaban J connectivity index is -0.000000000577. The monoisotopic (exact) mass is 404 g/mol. The molecular formula is H17BO7Sr3. The quantitative estimate of drug-likeness (QED) is 0.341. The molecule has 0 saturated heterocycles. The fourth-order valence-corrected chi connectivity index (χ4v) is 0. The maximum absolute atomic E-state index is 7.17. The number of rotatable bonds is 0. The van der Waals surface area contributed by atoms with Crippen LogP contribution in [0.15, 0.2) is 0 Å². The van der Waals surface area contributed by atoms with E-state index < -0.39 is 7.32 Å². The third kappa shape index (κ3) is 119. The van der Waals surface area contributed by atoms with Crippen molar-refractivity contribution < 1.29 is 45.5 Å². The average Bonchev–Trinajstić information content (AvgIpc) is 0.811. The molecule has 0 rings (SSSR count). The summed E-state index contributed by atoms with van der Waals surface area (Å²) in [5, 5.41) is 21.5. The van der Waals surface area contributed by atoms with Gasteiger partial charge in [-0.1, -0.05) is 0 Å². The van der Waals surface area contributed by atoms with Crippen molar-refractivity contribution in [3.05, 3.63) is 0 Å². The fourth-order valence-electron chi connectivity index (χ4n) is 0. The molecule has 0 heterocycles. The van der Waals surface area contributed by atoms with Crippen molar-refractivity contribution in [2.45, 2.75) is 0 Å². The van der Waals surface area contributed by atoms with Gasteiger partial charge < -0.3 is 45.5 Å². The third-order valence-electron chi connectivity index (χ3n) is 0. The second-order valence-electron chi connectivity index (χ2n) is 0.346. The molecule has 0 unspecified atom stereocenters. The molecule has 11 heteroatoms. The van der Waals surface area contributed by atoms with E-state index in [0.717, 1.165) is 0 Å². The van der Waals surface area contributed by atoms with Gasteiger partial charge in [-0.3, -0.25) is 0 Å². The van der Waals surface area contributed by atoms with Gasteiger partial charge in [-0.05, 0) is 0 Å². The van der Waals surface area contributed by atoms with Crippen molar-refractivity contribution in [1.82, 2.24) is 0 Å². The van der Waals surface area contributed by atoms with Crippen molar-refractivity contribution in [2.75, 3.05) is 0 Å². The summed E-state index contributed by atoms with van der Waals surface area (Å²) >= 11 is 0. The van der Waals surface area contributed by atoms with Crippen molar-refractivity contribution in [2.24, 2.45) is 0 Å². The largest absolute Gasteiger partial charge is 2.00 e. The van der Waals surface area contributed by atoms with Gasteiger partial charge in [-0.2, -0.15) is 0 Å². The van der Waals surface area contributed by atoms with Crippen LogP contribution in [-0.2, 0) is 0 Å². The van der Waals surface area contributed by atoms with Crippen LogP contribution in [0.25, 0.3) is 0 Å². The van der Waals surface area contributed by atoms with Crippen LogP contribution in [0.1, 0.15) is 8.56 Å². The van der Waals surface area contributed by atoms with E-state index in [2.05, 4.69) is 0 Å². The second-order valence-corrected chi connectivity index (χ2v) is 0.346. The molecule has 11 N–H and O–H groups in total. The first-order valence-corrected chi connectivity index (χ1v) is 0.775. The van der Waals surface area contributed by atoms with E-state index in [9.17, 15) is 0 Å². The molecule has 0 aromatic rings. The first kappa shape index (κ1) is 59.0. The molecule has 0 amide bonds. The van der Waals surface area contributed by atoms with Crippen LogP contribution >= 0.6 is 0 Å². The molecule has 11 heavy (non-hydrogen) atoms. The number of hydrogen-bond donors (Lipinski definition) is 3. The molecule has 0 aliphatic carbocycles. The third-order valence-corrected chi connectivity index (χ3v) is 0. The predicted molar refractivity (Wildman–Crippen MR) is 50.8 cm³/mol. The van der Waals surface area contributed by atoms with Crippen LogP contribution < -0.4 is 0 Å². The van der Waals surface area contributed by atoms with Gasteiger partial charge in [-0.25, -0.2) is 0 Å². The smallest absolute Gasteiger partial charge is 1.00 e. The minimum absolute atomic E-state index is 0. The van der Waals surface area contributed by atoms with Crippen LogP contribution in [0, 0.1) is 0 Å². The Hall–Kier alpha value is 4.23. The van der Waals surface area contributed by atoms with E-state index in [1.807, 2.05) is 0 Å².